The van der Waals surface area contributed by atoms with E-state index >= 15 is 0 Å². The molecule has 1 aromatic heterocycles. The number of methoxy groups -OCH3 is 2. The van der Waals surface area contributed by atoms with Crippen LogP contribution in [0.1, 0.15) is 28.5 Å². The fraction of sp³-hybridized carbons (Fsp3) is 0.219. The van der Waals surface area contributed by atoms with Gasteiger partial charge in [0.2, 0.25) is 0 Å². The summed E-state index contributed by atoms with van der Waals surface area (Å²) in [7, 11) is 3.23. The fourth-order valence-corrected chi connectivity index (χ4v) is 5.00. The quantitative estimate of drug-likeness (QED) is 0.310. The van der Waals surface area contributed by atoms with Crippen LogP contribution >= 0.6 is 0 Å². The van der Waals surface area contributed by atoms with Crippen molar-refractivity contribution in [1.82, 2.24) is 9.55 Å². The lowest BCUT2D eigenvalue weighted by Gasteiger charge is -2.36. The molecule has 9 nitrogen and oxygen atoms in total. The average Bonchev–Trinajstić information content (AvgIpc) is 3.43. The number of benzene rings is 3. The first kappa shape index (κ1) is 27.6. The summed E-state index contributed by atoms with van der Waals surface area (Å²) in [6.45, 7) is 1.63. The Bertz CT molecular complexity index is 1650. The maximum atomic E-state index is 12.6. The zero-order valence-electron chi connectivity index (χ0n) is 22.9. The van der Waals surface area contributed by atoms with Gasteiger partial charge in [-0.2, -0.15) is 5.26 Å². The van der Waals surface area contributed by atoms with Crippen LogP contribution < -0.4 is 20.7 Å². The topological polar surface area (TPSA) is 116 Å². The van der Waals surface area contributed by atoms with E-state index in [9.17, 15) is 14.9 Å². The summed E-state index contributed by atoms with van der Waals surface area (Å²) in [5, 5.41) is 9.84. The molecular formula is C32H29N3O6. The van der Waals surface area contributed by atoms with Crippen LogP contribution in [0.15, 0.2) is 106 Å². The number of ether oxygens (including phenoxy) is 4. The maximum Gasteiger partial charge on any atom is 0.330 e. The van der Waals surface area contributed by atoms with E-state index < -0.39 is 29.2 Å². The van der Waals surface area contributed by atoms with Crippen molar-refractivity contribution in [2.24, 2.45) is 0 Å². The van der Waals surface area contributed by atoms with Crippen LogP contribution in [0.5, 0.6) is 11.5 Å². The molecule has 0 fully saturated rings. The summed E-state index contributed by atoms with van der Waals surface area (Å²) >= 11 is 0. The monoisotopic (exact) mass is 551 g/mol. The number of nitrogens with one attached hydrogen (secondary N) is 1. The number of aromatic nitrogens is 2. The lowest BCUT2D eigenvalue weighted by molar-refractivity contribution is -0.0696. The highest BCUT2D eigenvalue weighted by molar-refractivity contribution is 5.49. The summed E-state index contributed by atoms with van der Waals surface area (Å²) in [4.78, 5) is 26.7. The number of hydrogen-bond acceptors (Lipinski definition) is 7. The molecule has 1 aliphatic rings. The normalized spacial score (nSPS) is 16.6. The molecule has 0 amide bonds. The summed E-state index contributed by atoms with van der Waals surface area (Å²) in [6.07, 6.45) is 1.39. The van der Waals surface area contributed by atoms with Gasteiger partial charge in [-0.15, -0.1) is 0 Å². The van der Waals surface area contributed by atoms with Gasteiger partial charge in [-0.1, -0.05) is 54.6 Å². The van der Waals surface area contributed by atoms with Crippen LogP contribution in [-0.2, 0) is 15.1 Å². The van der Waals surface area contributed by atoms with E-state index in [2.05, 4.69) is 11.1 Å². The van der Waals surface area contributed by atoms with Crippen LogP contribution in [0.2, 0.25) is 0 Å². The number of aromatic amines is 1. The molecule has 0 bridgehead atoms. The van der Waals surface area contributed by atoms with E-state index in [1.807, 2.05) is 78.9 Å². The van der Waals surface area contributed by atoms with E-state index in [0.717, 1.165) is 16.7 Å². The number of nitriles is 1. The van der Waals surface area contributed by atoms with Gasteiger partial charge in [-0.05, 0) is 54.0 Å². The molecule has 0 saturated heterocycles. The molecule has 1 aliphatic heterocycles. The number of hydrogen-bond donors (Lipinski definition) is 1. The third-order valence-electron chi connectivity index (χ3n) is 7.10. The first-order chi connectivity index (χ1) is 19.9. The maximum absolute atomic E-state index is 12.6. The molecule has 2 heterocycles. The second-order valence-electron chi connectivity index (χ2n) is 9.55. The third kappa shape index (κ3) is 5.31. The molecule has 3 aromatic carbocycles. The minimum absolute atomic E-state index is 0.0473. The minimum Gasteiger partial charge on any atom is -0.497 e. The van der Waals surface area contributed by atoms with Gasteiger partial charge >= 0.3 is 5.69 Å². The first-order valence-corrected chi connectivity index (χ1v) is 13.0. The Morgan fingerprint density at radius 3 is 2.00 bits per heavy atom. The smallest absolute Gasteiger partial charge is 0.330 e. The Labute approximate surface area is 236 Å². The first-order valence-electron chi connectivity index (χ1n) is 13.0. The molecule has 0 saturated carbocycles. The van der Waals surface area contributed by atoms with Crippen molar-refractivity contribution in [1.29, 1.82) is 5.26 Å². The van der Waals surface area contributed by atoms with Crippen molar-refractivity contribution >= 4 is 0 Å². The minimum atomic E-state index is -1.08. The van der Waals surface area contributed by atoms with E-state index in [1.54, 1.807) is 27.2 Å². The number of aryl methyl sites for hydroxylation is 1. The number of nitrogens with zero attached hydrogens (tertiary/aromatic N) is 2. The molecule has 1 N–H and O–H groups in total. The molecule has 2 atom stereocenters. The molecule has 208 valence electrons. The van der Waals surface area contributed by atoms with Crippen LogP contribution in [-0.4, -0.2) is 36.5 Å². The molecule has 0 unspecified atom stereocenters. The second-order valence-corrected chi connectivity index (χ2v) is 9.55. The van der Waals surface area contributed by atoms with Gasteiger partial charge in [-0.25, -0.2) is 4.79 Å². The van der Waals surface area contributed by atoms with Crippen LogP contribution in [0.4, 0.5) is 0 Å². The zero-order valence-corrected chi connectivity index (χ0v) is 22.9. The number of H-pyrrole nitrogens is 1. The predicted molar refractivity (Wildman–Crippen MR) is 152 cm³/mol. The molecule has 9 heteroatoms. The van der Waals surface area contributed by atoms with Crippen molar-refractivity contribution in [3.05, 3.63) is 140 Å². The second kappa shape index (κ2) is 11.7. The van der Waals surface area contributed by atoms with Crippen molar-refractivity contribution < 1.29 is 18.9 Å². The van der Waals surface area contributed by atoms with Crippen LogP contribution in [0.25, 0.3) is 0 Å². The fourth-order valence-electron chi connectivity index (χ4n) is 5.00. The van der Waals surface area contributed by atoms with Gasteiger partial charge in [0, 0.05) is 11.8 Å². The van der Waals surface area contributed by atoms with E-state index in [-0.39, 0.29) is 12.2 Å². The highest BCUT2D eigenvalue weighted by Crippen LogP contribution is 2.42. The summed E-state index contributed by atoms with van der Waals surface area (Å²) < 4.78 is 25.0. The van der Waals surface area contributed by atoms with Gasteiger partial charge in [0.15, 0.2) is 6.23 Å². The van der Waals surface area contributed by atoms with Gasteiger partial charge < -0.3 is 18.9 Å². The molecular weight excluding hydrogens is 522 g/mol. The summed E-state index contributed by atoms with van der Waals surface area (Å²) in [5.74, 6) is 1.41. The van der Waals surface area contributed by atoms with Crippen molar-refractivity contribution in [2.75, 3.05) is 20.8 Å². The van der Waals surface area contributed by atoms with Gasteiger partial charge in [0.05, 0.1) is 32.5 Å². The largest absolute Gasteiger partial charge is 0.497 e. The average molecular weight is 552 g/mol. The van der Waals surface area contributed by atoms with Crippen LogP contribution in [0, 0.1) is 18.3 Å². The molecule has 0 spiro atoms. The predicted octanol–water partition coefficient (Wildman–Crippen LogP) is 4.22. The Balaban J connectivity index is 1.56. The van der Waals surface area contributed by atoms with Crippen LogP contribution in [0.3, 0.4) is 0 Å². The molecule has 4 aromatic rings. The molecule has 0 aliphatic carbocycles. The highest BCUT2D eigenvalue weighted by Gasteiger charge is 2.40. The van der Waals surface area contributed by atoms with Crippen molar-refractivity contribution in [3.63, 3.8) is 0 Å². The van der Waals surface area contributed by atoms with Crippen molar-refractivity contribution in [3.8, 4) is 17.6 Å². The Morgan fingerprint density at radius 2 is 1.46 bits per heavy atom. The molecule has 5 rings (SSSR count). The number of rotatable bonds is 9. The summed E-state index contributed by atoms with van der Waals surface area (Å²) in [6, 6.07) is 27.2. The van der Waals surface area contributed by atoms with Crippen molar-refractivity contribution in [2.45, 2.75) is 24.9 Å². The van der Waals surface area contributed by atoms with E-state index in [1.165, 1.54) is 10.8 Å². The van der Waals surface area contributed by atoms with Gasteiger partial charge in [0.25, 0.3) is 5.56 Å². The standard InChI is InChI=1S/C32H29N3O6/c1-21-19-35(31(37)34-29(21)36)30-22(18-33)17-28(41-30)20-40-32(23-7-5-4-6-8-23,24-9-13-26(38-2)14-10-24)25-11-15-27(39-3)16-12-25/h4-17,19,28,30H,20H2,1-3H3,(H,34,36,37)/t28-,30+/m0/s1. The third-order valence-corrected chi connectivity index (χ3v) is 7.10. The zero-order chi connectivity index (χ0) is 29.0. The Kier molecular flexibility index (Phi) is 7.88. The molecule has 41 heavy (non-hydrogen) atoms. The van der Waals surface area contributed by atoms with Gasteiger partial charge in [-0.3, -0.25) is 14.3 Å². The Morgan fingerprint density at radius 1 is 0.902 bits per heavy atom. The lowest BCUT2D eigenvalue weighted by Crippen LogP contribution is -2.37. The molecule has 0 radical (unpaired) electrons. The Hall–Kier alpha value is -4.91. The van der Waals surface area contributed by atoms with Gasteiger partial charge in [0.1, 0.15) is 23.2 Å². The summed E-state index contributed by atoms with van der Waals surface area (Å²) in [5.41, 5.74) is 0.914. The lowest BCUT2D eigenvalue weighted by atomic mass is 9.80. The van der Waals surface area contributed by atoms with E-state index in [4.69, 9.17) is 18.9 Å². The van der Waals surface area contributed by atoms with E-state index in [0.29, 0.717) is 17.1 Å². The highest BCUT2D eigenvalue weighted by atomic mass is 16.6. The SMILES string of the molecule is COc1ccc(C(OC[C@@H]2C=C(C#N)[C@H](n3cc(C)c(=O)[nH]c3=O)O2)(c2ccccc2)c2ccc(OC)cc2)cc1.